The van der Waals surface area contributed by atoms with Gasteiger partial charge >= 0.3 is 0 Å². The van der Waals surface area contributed by atoms with Crippen molar-refractivity contribution in [1.29, 1.82) is 5.41 Å². The number of aryl methyl sites for hydroxylation is 1. The Kier molecular flexibility index (Phi) is 5.21. The molecular weight excluding hydrogens is 324 g/mol. The summed E-state index contributed by atoms with van der Waals surface area (Å²) in [6.45, 7) is 4.07. The van der Waals surface area contributed by atoms with E-state index >= 15 is 0 Å². The first-order valence-electron chi connectivity index (χ1n) is 8.79. The number of nitrogens with one attached hydrogen (secondary N) is 1. The first-order valence-corrected chi connectivity index (χ1v) is 8.79. The lowest BCUT2D eigenvalue weighted by Crippen LogP contribution is -2.01. The summed E-state index contributed by atoms with van der Waals surface area (Å²) >= 11 is 0. The number of pyridine rings is 1. The van der Waals surface area contributed by atoms with Crippen molar-refractivity contribution in [3.63, 3.8) is 0 Å². The molecule has 0 aliphatic rings. The Morgan fingerprint density at radius 1 is 0.962 bits per heavy atom. The van der Waals surface area contributed by atoms with E-state index in [4.69, 9.17) is 14.9 Å². The van der Waals surface area contributed by atoms with E-state index in [1.165, 1.54) is 0 Å². The zero-order valence-corrected chi connectivity index (χ0v) is 15.7. The average Bonchev–Trinajstić information content (AvgIpc) is 2.66. The molecule has 0 atom stereocenters. The van der Waals surface area contributed by atoms with E-state index in [2.05, 4.69) is 30.1 Å². The molecule has 4 nitrogen and oxygen atoms in total. The number of hydrogen-bond donors (Lipinski definition) is 1. The van der Waals surface area contributed by atoms with Gasteiger partial charge in [-0.3, -0.25) is 4.98 Å². The lowest BCUT2D eigenvalue weighted by Gasteiger charge is -2.12. The number of rotatable bonds is 6. The average molecular weight is 348 g/mol. The van der Waals surface area contributed by atoms with Crippen LogP contribution in [0.3, 0.4) is 0 Å². The van der Waals surface area contributed by atoms with Crippen LogP contribution in [0.1, 0.15) is 31.0 Å². The Labute approximate surface area is 154 Å². The summed E-state index contributed by atoms with van der Waals surface area (Å²) in [5.41, 5.74) is 5.59. The molecule has 0 bridgehead atoms. The molecule has 0 saturated heterocycles. The summed E-state index contributed by atoms with van der Waals surface area (Å²) in [5.74, 6) is 1.41. The molecule has 1 heterocycles. The van der Waals surface area contributed by atoms with Crippen LogP contribution < -0.4 is 9.47 Å². The Bertz CT molecular complexity index is 964. The lowest BCUT2D eigenvalue weighted by molar-refractivity contribution is 0.355. The number of benzene rings is 2. The molecule has 0 aliphatic carbocycles. The maximum atomic E-state index is 8.37. The molecule has 0 unspecified atom stereocenters. The molecule has 0 spiro atoms. The third-order valence-electron chi connectivity index (χ3n) is 4.48. The van der Waals surface area contributed by atoms with E-state index in [0.717, 1.165) is 46.1 Å². The third-order valence-corrected chi connectivity index (χ3v) is 4.48. The second-order valence-corrected chi connectivity index (χ2v) is 6.34. The van der Waals surface area contributed by atoms with Gasteiger partial charge in [0.25, 0.3) is 0 Å². The van der Waals surface area contributed by atoms with Crippen LogP contribution in [0.25, 0.3) is 22.0 Å². The number of hydrogen-bond acceptors (Lipinski definition) is 4. The fraction of sp³-hybridized carbons (Fsp3) is 0.273. The van der Waals surface area contributed by atoms with E-state index in [0.29, 0.717) is 17.2 Å². The monoisotopic (exact) mass is 348 g/mol. The standard InChI is InChI=1S/C22H24N2O2/c1-5-6-19(23)18-11-14(2)24-20-12-15(7-9-17(18)20)16-8-10-21(25-3)22(13-16)26-4/h7-13,23H,5-6H2,1-4H3. The van der Waals surface area contributed by atoms with Crippen LogP contribution in [0, 0.1) is 12.3 Å². The Morgan fingerprint density at radius 3 is 2.35 bits per heavy atom. The quantitative estimate of drug-likeness (QED) is 0.607. The van der Waals surface area contributed by atoms with Gasteiger partial charge in [0.1, 0.15) is 0 Å². The predicted octanol–water partition coefficient (Wildman–Crippen LogP) is 5.40. The summed E-state index contributed by atoms with van der Waals surface area (Å²) in [6, 6.07) is 14.1. The molecule has 0 radical (unpaired) electrons. The summed E-state index contributed by atoms with van der Waals surface area (Å²) in [7, 11) is 3.27. The fourth-order valence-corrected chi connectivity index (χ4v) is 3.19. The molecule has 4 heteroatoms. The van der Waals surface area contributed by atoms with Gasteiger partial charge in [-0.25, -0.2) is 0 Å². The minimum atomic E-state index is 0.668. The highest BCUT2D eigenvalue weighted by Crippen LogP contribution is 2.33. The third kappa shape index (κ3) is 3.40. The lowest BCUT2D eigenvalue weighted by atomic mass is 9.97. The predicted molar refractivity (Wildman–Crippen MR) is 107 cm³/mol. The number of methoxy groups -OCH3 is 2. The van der Waals surface area contributed by atoms with Crippen LogP contribution in [-0.2, 0) is 0 Å². The van der Waals surface area contributed by atoms with Gasteiger partial charge in [-0.05, 0) is 48.7 Å². The highest BCUT2D eigenvalue weighted by Gasteiger charge is 2.11. The first-order chi connectivity index (χ1) is 12.6. The summed E-state index contributed by atoms with van der Waals surface area (Å²) in [5, 5.41) is 9.39. The van der Waals surface area contributed by atoms with Crippen molar-refractivity contribution in [2.45, 2.75) is 26.7 Å². The van der Waals surface area contributed by atoms with Crippen LogP contribution >= 0.6 is 0 Å². The van der Waals surface area contributed by atoms with Crippen LogP contribution in [0.15, 0.2) is 42.5 Å². The summed E-state index contributed by atoms with van der Waals surface area (Å²) in [6.07, 6.45) is 1.74. The van der Waals surface area contributed by atoms with Gasteiger partial charge < -0.3 is 14.9 Å². The van der Waals surface area contributed by atoms with Crippen LogP contribution in [0.4, 0.5) is 0 Å². The van der Waals surface area contributed by atoms with Gasteiger partial charge in [-0.1, -0.05) is 31.5 Å². The van der Waals surface area contributed by atoms with E-state index in [-0.39, 0.29) is 0 Å². The number of aromatic nitrogens is 1. The maximum Gasteiger partial charge on any atom is 0.161 e. The van der Waals surface area contributed by atoms with E-state index < -0.39 is 0 Å². The molecule has 3 rings (SSSR count). The van der Waals surface area contributed by atoms with Gasteiger partial charge in [0.2, 0.25) is 0 Å². The summed E-state index contributed by atoms with van der Waals surface area (Å²) in [4.78, 5) is 4.69. The molecule has 2 aromatic carbocycles. The highest BCUT2D eigenvalue weighted by atomic mass is 16.5. The van der Waals surface area contributed by atoms with Gasteiger partial charge in [0, 0.05) is 22.4 Å². The maximum absolute atomic E-state index is 8.37. The van der Waals surface area contributed by atoms with E-state index in [9.17, 15) is 0 Å². The molecule has 26 heavy (non-hydrogen) atoms. The zero-order chi connectivity index (χ0) is 18.7. The van der Waals surface area contributed by atoms with Gasteiger partial charge in [-0.2, -0.15) is 0 Å². The van der Waals surface area contributed by atoms with Crippen LogP contribution in [-0.4, -0.2) is 24.9 Å². The minimum absolute atomic E-state index is 0.668. The van der Waals surface area contributed by atoms with Crippen molar-refractivity contribution in [2.24, 2.45) is 0 Å². The molecule has 1 N–H and O–H groups in total. The number of fused-ring (bicyclic) bond motifs is 1. The second-order valence-electron chi connectivity index (χ2n) is 6.34. The van der Waals surface area contributed by atoms with Crippen molar-refractivity contribution in [1.82, 2.24) is 4.98 Å². The molecule has 1 aromatic heterocycles. The van der Waals surface area contributed by atoms with Gasteiger partial charge in [-0.15, -0.1) is 0 Å². The molecule has 0 saturated carbocycles. The van der Waals surface area contributed by atoms with Gasteiger partial charge in [0.05, 0.1) is 19.7 Å². The molecule has 0 fully saturated rings. The largest absolute Gasteiger partial charge is 0.493 e. The van der Waals surface area contributed by atoms with Crippen LogP contribution in [0.2, 0.25) is 0 Å². The fourth-order valence-electron chi connectivity index (χ4n) is 3.19. The second kappa shape index (κ2) is 7.56. The van der Waals surface area contributed by atoms with Crippen molar-refractivity contribution in [3.8, 4) is 22.6 Å². The molecular formula is C22H24N2O2. The zero-order valence-electron chi connectivity index (χ0n) is 15.7. The summed E-state index contributed by atoms with van der Waals surface area (Å²) < 4.78 is 10.7. The highest BCUT2D eigenvalue weighted by molar-refractivity contribution is 6.09. The molecule has 134 valence electrons. The topological polar surface area (TPSA) is 55.2 Å². The van der Waals surface area contributed by atoms with Crippen molar-refractivity contribution >= 4 is 16.6 Å². The van der Waals surface area contributed by atoms with Crippen molar-refractivity contribution < 1.29 is 9.47 Å². The van der Waals surface area contributed by atoms with E-state index in [1.54, 1.807) is 14.2 Å². The van der Waals surface area contributed by atoms with E-state index in [1.807, 2.05) is 31.2 Å². The SMILES string of the molecule is CCCC(=N)c1cc(C)nc2cc(-c3ccc(OC)c(OC)c3)ccc12. The molecule has 0 aliphatic heterocycles. The Balaban J connectivity index is 2.11. The smallest absolute Gasteiger partial charge is 0.161 e. The Morgan fingerprint density at radius 2 is 1.65 bits per heavy atom. The molecule has 0 amide bonds. The normalized spacial score (nSPS) is 10.8. The minimum Gasteiger partial charge on any atom is -0.493 e. The molecule has 3 aromatic rings. The number of nitrogens with zero attached hydrogens (tertiary/aromatic N) is 1. The Hall–Kier alpha value is -2.88. The van der Waals surface area contributed by atoms with Crippen molar-refractivity contribution in [2.75, 3.05) is 14.2 Å². The van der Waals surface area contributed by atoms with Gasteiger partial charge in [0.15, 0.2) is 11.5 Å². The van der Waals surface area contributed by atoms with Crippen LogP contribution in [0.5, 0.6) is 11.5 Å². The number of ether oxygens (including phenoxy) is 2. The van der Waals surface area contributed by atoms with Crippen molar-refractivity contribution in [3.05, 3.63) is 53.7 Å². The first kappa shape index (κ1) is 17.9.